The fourth-order valence-electron chi connectivity index (χ4n) is 1.94. The third-order valence-electron chi connectivity index (χ3n) is 2.90. The van der Waals surface area contributed by atoms with E-state index in [0.717, 1.165) is 5.75 Å². The summed E-state index contributed by atoms with van der Waals surface area (Å²) in [5.41, 5.74) is 2.51. The molecule has 0 aliphatic heterocycles. The number of hydrogen-bond donors (Lipinski definition) is 1. The Morgan fingerprint density at radius 1 is 1.33 bits per heavy atom. The van der Waals surface area contributed by atoms with Crippen LogP contribution in [0.5, 0.6) is 5.75 Å². The van der Waals surface area contributed by atoms with E-state index < -0.39 is 6.10 Å². The number of rotatable bonds is 5. The van der Waals surface area contributed by atoms with Gasteiger partial charge in [0.2, 0.25) is 0 Å². The summed E-state index contributed by atoms with van der Waals surface area (Å²) in [5, 5.41) is 2.75. The Labute approximate surface area is 110 Å². The van der Waals surface area contributed by atoms with Gasteiger partial charge in [-0.05, 0) is 49.9 Å². The van der Waals surface area contributed by atoms with E-state index in [4.69, 9.17) is 4.74 Å². The van der Waals surface area contributed by atoms with Gasteiger partial charge in [-0.2, -0.15) is 0 Å². The zero-order valence-corrected chi connectivity index (χ0v) is 11.9. The van der Waals surface area contributed by atoms with Crippen molar-refractivity contribution in [2.45, 2.75) is 46.6 Å². The molecule has 3 nitrogen and oxygen atoms in total. The highest BCUT2D eigenvalue weighted by Gasteiger charge is 2.14. The highest BCUT2D eigenvalue weighted by atomic mass is 16.5. The summed E-state index contributed by atoms with van der Waals surface area (Å²) in [6, 6.07) is 5.99. The van der Waals surface area contributed by atoms with Gasteiger partial charge in [-0.25, -0.2) is 0 Å². The van der Waals surface area contributed by atoms with Gasteiger partial charge in [0.1, 0.15) is 5.75 Å². The van der Waals surface area contributed by atoms with E-state index in [1.165, 1.54) is 11.1 Å². The predicted molar refractivity (Wildman–Crippen MR) is 74.0 cm³/mol. The van der Waals surface area contributed by atoms with Gasteiger partial charge in [-0.1, -0.05) is 19.9 Å². The minimum atomic E-state index is -0.464. The Balaban J connectivity index is 2.74. The fraction of sp³-hybridized carbons (Fsp3) is 0.533. The van der Waals surface area contributed by atoms with Crippen LogP contribution >= 0.6 is 0 Å². The number of likely N-dealkylation sites (N-methyl/N-ethyl adjacent to an activating group) is 1. The van der Waals surface area contributed by atoms with Crippen LogP contribution in [-0.2, 0) is 4.79 Å². The lowest BCUT2D eigenvalue weighted by molar-refractivity contribution is -0.127. The van der Waals surface area contributed by atoms with Gasteiger partial charge in [-0.3, -0.25) is 4.79 Å². The summed E-state index contributed by atoms with van der Waals surface area (Å²) in [6.07, 6.45) is -0.464. The molecule has 1 amide bonds. The quantitative estimate of drug-likeness (QED) is 0.871. The maximum absolute atomic E-state index is 11.6. The largest absolute Gasteiger partial charge is 0.481 e. The number of amides is 1. The van der Waals surface area contributed by atoms with Gasteiger partial charge in [0.25, 0.3) is 5.91 Å². The number of aryl methyl sites for hydroxylation is 1. The first-order valence-electron chi connectivity index (χ1n) is 6.50. The first kappa shape index (κ1) is 14.6. The lowest BCUT2D eigenvalue weighted by atomic mass is 9.98. The van der Waals surface area contributed by atoms with Gasteiger partial charge < -0.3 is 10.1 Å². The van der Waals surface area contributed by atoms with Crippen LogP contribution in [0.1, 0.15) is 44.7 Å². The highest BCUT2D eigenvalue weighted by Crippen LogP contribution is 2.24. The second-order valence-corrected chi connectivity index (χ2v) is 4.83. The maximum atomic E-state index is 11.6. The third kappa shape index (κ3) is 3.76. The van der Waals surface area contributed by atoms with Crippen LogP contribution in [0.2, 0.25) is 0 Å². The smallest absolute Gasteiger partial charge is 0.260 e. The summed E-state index contributed by atoms with van der Waals surface area (Å²) < 4.78 is 5.63. The molecule has 1 rings (SSSR count). The van der Waals surface area contributed by atoms with E-state index in [2.05, 4.69) is 32.2 Å². The first-order chi connectivity index (χ1) is 8.45. The molecule has 0 spiro atoms. The fourth-order valence-corrected chi connectivity index (χ4v) is 1.94. The van der Waals surface area contributed by atoms with Gasteiger partial charge in [0, 0.05) is 6.54 Å². The van der Waals surface area contributed by atoms with Crippen LogP contribution in [0.15, 0.2) is 18.2 Å². The molecule has 0 aliphatic carbocycles. The van der Waals surface area contributed by atoms with Gasteiger partial charge >= 0.3 is 0 Å². The lowest BCUT2D eigenvalue weighted by Gasteiger charge is -2.16. The summed E-state index contributed by atoms with van der Waals surface area (Å²) in [5.74, 6) is 1.17. The van der Waals surface area contributed by atoms with Crippen molar-refractivity contribution in [3.63, 3.8) is 0 Å². The first-order valence-corrected chi connectivity index (χ1v) is 6.50. The summed E-state index contributed by atoms with van der Waals surface area (Å²) in [4.78, 5) is 11.6. The molecule has 1 atom stereocenters. The summed E-state index contributed by atoms with van der Waals surface area (Å²) in [7, 11) is 0. The molecule has 1 aromatic rings. The zero-order chi connectivity index (χ0) is 13.7. The Morgan fingerprint density at radius 3 is 2.50 bits per heavy atom. The molecule has 0 radical (unpaired) electrons. The minimum absolute atomic E-state index is 0.0805. The number of hydrogen-bond acceptors (Lipinski definition) is 2. The molecule has 1 unspecified atom stereocenters. The minimum Gasteiger partial charge on any atom is -0.481 e. The molecular weight excluding hydrogens is 226 g/mol. The normalized spacial score (nSPS) is 12.3. The molecule has 3 heteroatoms. The summed E-state index contributed by atoms with van der Waals surface area (Å²) >= 11 is 0. The Hall–Kier alpha value is -1.51. The second-order valence-electron chi connectivity index (χ2n) is 4.83. The predicted octanol–water partition coefficient (Wildman–Crippen LogP) is 3.02. The molecule has 0 saturated carbocycles. The molecule has 0 fully saturated rings. The van der Waals surface area contributed by atoms with Crippen molar-refractivity contribution in [2.75, 3.05) is 6.54 Å². The van der Waals surface area contributed by atoms with E-state index in [1.807, 2.05) is 19.1 Å². The molecule has 0 heterocycles. The molecule has 0 saturated heterocycles. The third-order valence-corrected chi connectivity index (χ3v) is 2.90. The molecule has 0 aromatic heterocycles. The lowest BCUT2D eigenvalue weighted by Crippen LogP contribution is -2.36. The second kappa shape index (κ2) is 6.43. The monoisotopic (exact) mass is 249 g/mol. The van der Waals surface area contributed by atoms with Crippen molar-refractivity contribution < 1.29 is 9.53 Å². The maximum Gasteiger partial charge on any atom is 0.260 e. The van der Waals surface area contributed by atoms with Gasteiger partial charge in [0.15, 0.2) is 6.10 Å². The standard InChI is InChI=1S/C15H23NO2/c1-6-16-15(17)12(5)18-13-7-8-14(10(2)3)11(4)9-13/h7-10,12H,6H2,1-5H3,(H,16,17). The topological polar surface area (TPSA) is 38.3 Å². The molecular formula is C15H23NO2. The highest BCUT2D eigenvalue weighted by molar-refractivity contribution is 5.80. The van der Waals surface area contributed by atoms with Crippen molar-refractivity contribution in [2.24, 2.45) is 0 Å². The van der Waals surface area contributed by atoms with Crippen LogP contribution in [-0.4, -0.2) is 18.6 Å². The van der Waals surface area contributed by atoms with E-state index in [0.29, 0.717) is 12.5 Å². The van der Waals surface area contributed by atoms with E-state index >= 15 is 0 Å². The average molecular weight is 249 g/mol. The van der Waals surface area contributed by atoms with Crippen LogP contribution in [0.4, 0.5) is 0 Å². The van der Waals surface area contributed by atoms with E-state index in [9.17, 15) is 4.79 Å². The number of carbonyl (C=O) groups is 1. The van der Waals surface area contributed by atoms with Crippen molar-refractivity contribution >= 4 is 5.91 Å². The average Bonchev–Trinajstić information content (AvgIpc) is 2.28. The van der Waals surface area contributed by atoms with E-state index in [1.54, 1.807) is 6.92 Å². The van der Waals surface area contributed by atoms with Crippen LogP contribution in [0.25, 0.3) is 0 Å². The molecule has 1 N–H and O–H groups in total. The molecule has 18 heavy (non-hydrogen) atoms. The molecule has 0 bridgehead atoms. The van der Waals surface area contributed by atoms with Crippen molar-refractivity contribution in [3.8, 4) is 5.75 Å². The van der Waals surface area contributed by atoms with Crippen molar-refractivity contribution in [3.05, 3.63) is 29.3 Å². The number of nitrogens with one attached hydrogen (secondary N) is 1. The van der Waals surface area contributed by atoms with Gasteiger partial charge in [0.05, 0.1) is 0 Å². The van der Waals surface area contributed by atoms with Crippen LogP contribution in [0, 0.1) is 6.92 Å². The Bertz CT molecular complexity index is 413. The SMILES string of the molecule is CCNC(=O)C(C)Oc1ccc(C(C)C)c(C)c1. The number of benzene rings is 1. The number of carbonyl (C=O) groups excluding carboxylic acids is 1. The van der Waals surface area contributed by atoms with Crippen molar-refractivity contribution in [1.29, 1.82) is 0 Å². The van der Waals surface area contributed by atoms with Crippen LogP contribution < -0.4 is 10.1 Å². The van der Waals surface area contributed by atoms with Crippen LogP contribution in [0.3, 0.4) is 0 Å². The molecule has 100 valence electrons. The molecule has 0 aliphatic rings. The van der Waals surface area contributed by atoms with E-state index in [-0.39, 0.29) is 5.91 Å². The van der Waals surface area contributed by atoms with Gasteiger partial charge in [-0.15, -0.1) is 0 Å². The summed E-state index contributed by atoms with van der Waals surface area (Å²) in [6.45, 7) is 10.7. The zero-order valence-electron chi connectivity index (χ0n) is 11.9. The van der Waals surface area contributed by atoms with Crippen molar-refractivity contribution in [1.82, 2.24) is 5.32 Å². The Morgan fingerprint density at radius 2 is 2.00 bits per heavy atom. The number of ether oxygens (including phenoxy) is 1. The Kier molecular flexibility index (Phi) is 5.20. The molecule has 1 aromatic carbocycles.